The first-order valence-electron chi connectivity index (χ1n) is 9.98. The van der Waals surface area contributed by atoms with Crippen molar-refractivity contribution in [2.75, 3.05) is 6.54 Å². The van der Waals surface area contributed by atoms with Gasteiger partial charge in [-0.25, -0.2) is 4.79 Å². The van der Waals surface area contributed by atoms with Crippen LogP contribution in [0.15, 0.2) is 12.1 Å². The van der Waals surface area contributed by atoms with E-state index >= 15 is 0 Å². The molecule has 0 aromatic heterocycles. The van der Waals surface area contributed by atoms with Gasteiger partial charge in [-0.2, -0.15) is 0 Å². The van der Waals surface area contributed by atoms with E-state index < -0.39 is 23.6 Å². The van der Waals surface area contributed by atoms with Crippen molar-refractivity contribution in [1.82, 2.24) is 15.5 Å². The molecule has 8 nitrogen and oxygen atoms in total. The lowest BCUT2D eigenvalue weighted by molar-refractivity contribution is -0.136. The van der Waals surface area contributed by atoms with Gasteiger partial charge in [-0.3, -0.25) is 19.7 Å². The first kappa shape index (κ1) is 22.6. The van der Waals surface area contributed by atoms with Gasteiger partial charge >= 0.3 is 6.09 Å². The van der Waals surface area contributed by atoms with Crippen LogP contribution in [-0.4, -0.2) is 46.9 Å². The minimum absolute atomic E-state index is 0.182. The molecule has 1 atom stereocenters. The lowest BCUT2D eigenvalue weighted by Crippen LogP contribution is -2.52. The van der Waals surface area contributed by atoms with Gasteiger partial charge in [0.1, 0.15) is 11.6 Å². The maximum Gasteiger partial charge on any atom is 0.407 e. The second-order valence-electron chi connectivity index (χ2n) is 8.33. The number of halogens is 1. The molecule has 2 N–H and O–H groups in total. The summed E-state index contributed by atoms with van der Waals surface area (Å²) in [5, 5.41) is 5.21. The fourth-order valence-electron chi connectivity index (χ4n) is 3.45. The minimum Gasteiger partial charge on any atom is -0.444 e. The molecule has 4 amide bonds. The molecule has 31 heavy (non-hydrogen) atoms. The SMILES string of the molecule is CC(C)(C)OC(=O)NCCC#Cc1ccc(Cl)c2c1CN(C1CCC(=O)NC1=O)C2=O. The van der Waals surface area contributed by atoms with Crippen LogP contribution in [0.3, 0.4) is 0 Å². The number of amides is 4. The first-order chi connectivity index (χ1) is 14.6. The van der Waals surface area contributed by atoms with E-state index in [2.05, 4.69) is 22.5 Å². The molecule has 1 unspecified atom stereocenters. The topological polar surface area (TPSA) is 105 Å². The molecule has 0 saturated carbocycles. The number of piperidine rings is 1. The van der Waals surface area contributed by atoms with Crippen LogP contribution in [0.25, 0.3) is 0 Å². The van der Waals surface area contributed by atoms with Crippen LogP contribution >= 0.6 is 11.6 Å². The van der Waals surface area contributed by atoms with Gasteiger partial charge in [0, 0.05) is 37.1 Å². The normalized spacial score (nSPS) is 18.1. The number of rotatable bonds is 3. The average Bonchev–Trinajstić information content (AvgIpc) is 3.00. The number of benzene rings is 1. The summed E-state index contributed by atoms with van der Waals surface area (Å²) in [7, 11) is 0. The molecular weight excluding hydrogens is 422 g/mol. The van der Waals surface area contributed by atoms with Crippen LogP contribution in [0.5, 0.6) is 0 Å². The lowest BCUT2D eigenvalue weighted by atomic mass is 10.0. The van der Waals surface area contributed by atoms with Crippen molar-refractivity contribution in [1.29, 1.82) is 0 Å². The Labute approximate surface area is 185 Å². The van der Waals surface area contributed by atoms with Crippen molar-refractivity contribution in [2.24, 2.45) is 0 Å². The summed E-state index contributed by atoms with van der Waals surface area (Å²) in [5.41, 5.74) is 1.07. The highest BCUT2D eigenvalue weighted by atomic mass is 35.5. The summed E-state index contributed by atoms with van der Waals surface area (Å²) < 4.78 is 5.16. The quantitative estimate of drug-likeness (QED) is 0.422. The molecule has 1 aromatic carbocycles. The smallest absolute Gasteiger partial charge is 0.407 e. The summed E-state index contributed by atoms with van der Waals surface area (Å²) in [4.78, 5) is 49.7. The third-order valence-electron chi connectivity index (χ3n) is 4.79. The van der Waals surface area contributed by atoms with E-state index in [0.29, 0.717) is 34.7 Å². The van der Waals surface area contributed by atoms with E-state index in [-0.39, 0.29) is 31.2 Å². The minimum atomic E-state index is -0.715. The molecule has 2 aliphatic rings. The Bertz CT molecular complexity index is 1000. The fraction of sp³-hybridized carbons (Fsp3) is 0.455. The number of carbonyl (C=O) groups is 4. The van der Waals surface area contributed by atoms with Gasteiger partial charge in [-0.05, 0) is 39.3 Å². The van der Waals surface area contributed by atoms with Crippen LogP contribution in [0, 0.1) is 11.8 Å². The Morgan fingerprint density at radius 1 is 1.32 bits per heavy atom. The van der Waals surface area contributed by atoms with Crippen LogP contribution in [0.1, 0.15) is 61.5 Å². The molecule has 0 aliphatic carbocycles. The lowest BCUT2D eigenvalue weighted by Gasteiger charge is -2.29. The summed E-state index contributed by atoms with van der Waals surface area (Å²) in [6, 6.07) is 2.62. The third-order valence-corrected chi connectivity index (χ3v) is 5.11. The molecule has 0 radical (unpaired) electrons. The van der Waals surface area contributed by atoms with Crippen molar-refractivity contribution < 1.29 is 23.9 Å². The van der Waals surface area contributed by atoms with Crippen LogP contribution in [0.2, 0.25) is 5.02 Å². The molecule has 2 heterocycles. The standard InChI is InChI=1S/C22H24ClN3O5/c1-22(2,3)31-21(30)24-11-5-4-6-13-7-8-15(23)18-14(13)12-26(20(18)29)16-9-10-17(27)25-19(16)28/h7-8,16H,5,9-12H2,1-3H3,(H,24,30)(H,25,27,28). The van der Waals surface area contributed by atoms with Gasteiger partial charge in [-0.1, -0.05) is 23.4 Å². The zero-order valence-electron chi connectivity index (χ0n) is 17.6. The van der Waals surface area contributed by atoms with Crippen LogP contribution < -0.4 is 10.6 Å². The Hall–Kier alpha value is -3.05. The molecular formula is C22H24ClN3O5. The van der Waals surface area contributed by atoms with Crippen LogP contribution in [-0.2, 0) is 20.9 Å². The number of ether oxygens (including phenoxy) is 1. The summed E-state index contributed by atoms with van der Waals surface area (Å²) >= 11 is 6.26. The molecule has 1 fully saturated rings. The number of nitrogens with zero attached hydrogens (tertiary/aromatic N) is 1. The number of hydrogen-bond acceptors (Lipinski definition) is 5. The van der Waals surface area contributed by atoms with E-state index in [1.165, 1.54) is 4.90 Å². The zero-order valence-corrected chi connectivity index (χ0v) is 18.4. The summed E-state index contributed by atoms with van der Waals surface area (Å²) in [6.45, 7) is 5.87. The van der Waals surface area contributed by atoms with E-state index in [4.69, 9.17) is 16.3 Å². The number of nitrogens with one attached hydrogen (secondary N) is 2. The molecule has 164 valence electrons. The average molecular weight is 446 g/mol. The number of hydrogen-bond donors (Lipinski definition) is 2. The van der Waals surface area contributed by atoms with E-state index in [9.17, 15) is 19.2 Å². The summed E-state index contributed by atoms with van der Waals surface area (Å²) in [5.74, 6) is 4.84. The Morgan fingerprint density at radius 2 is 2.06 bits per heavy atom. The third kappa shape index (κ3) is 5.36. The van der Waals surface area contributed by atoms with Crippen molar-refractivity contribution >= 4 is 35.4 Å². The number of carbonyl (C=O) groups excluding carboxylic acids is 4. The van der Waals surface area contributed by atoms with Crippen molar-refractivity contribution in [2.45, 2.75) is 58.2 Å². The monoisotopic (exact) mass is 445 g/mol. The first-order valence-corrected chi connectivity index (χ1v) is 10.4. The predicted octanol–water partition coefficient (Wildman–Crippen LogP) is 2.37. The van der Waals surface area contributed by atoms with E-state index in [1.807, 2.05) is 0 Å². The van der Waals surface area contributed by atoms with Gasteiger partial charge in [0.25, 0.3) is 5.91 Å². The maximum atomic E-state index is 12.9. The van der Waals surface area contributed by atoms with Crippen molar-refractivity contribution in [3.8, 4) is 11.8 Å². The largest absolute Gasteiger partial charge is 0.444 e. The molecule has 0 bridgehead atoms. The molecule has 9 heteroatoms. The molecule has 0 spiro atoms. The van der Waals surface area contributed by atoms with Gasteiger partial charge in [0.2, 0.25) is 11.8 Å². The predicted molar refractivity (Wildman–Crippen MR) is 113 cm³/mol. The number of alkyl carbamates (subject to hydrolysis) is 1. The summed E-state index contributed by atoms with van der Waals surface area (Å²) in [6.07, 6.45) is 0.342. The second-order valence-corrected chi connectivity index (χ2v) is 8.74. The Kier molecular flexibility index (Phi) is 6.56. The molecule has 2 aliphatic heterocycles. The molecule has 1 saturated heterocycles. The molecule has 3 rings (SSSR count). The number of fused-ring (bicyclic) bond motifs is 1. The highest BCUT2D eigenvalue weighted by molar-refractivity contribution is 6.34. The Balaban J connectivity index is 1.68. The van der Waals surface area contributed by atoms with Gasteiger partial charge < -0.3 is 15.0 Å². The van der Waals surface area contributed by atoms with E-state index in [0.717, 1.165) is 0 Å². The second kappa shape index (κ2) is 8.98. The van der Waals surface area contributed by atoms with Crippen LogP contribution in [0.4, 0.5) is 4.79 Å². The highest BCUT2D eigenvalue weighted by Gasteiger charge is 2.40. The van der Waals surface area contributed by atoms with Crippen molar-refractivity contribution in [3.63, 3.8) is 0 Å². The van der Waals surface area contributed by atoms with E-state index in [1.54, 1.807) is 32.9 Å². The number of imide groups is 1. The fourth-order valence-corrected chi connectivity index (χ4v) is 3.71. The van der Waals surface area contributed by atoms with Crippen molar-refractivity contribution in [3.05, 3.63) is 33.8 Å². The maximum absolute atomic E-state index is 12.9. The Morgan fingerprint density at radius 3 is 2.74 bits per heavy atom. The van der Waals surface area contributed by atoms with Gasteiger partial charge in [-0.15, -0.1) is 0 Å². The highest BCUT2D eigenvalue weighted by Crippen LogP contribution is 2.34. The zero-order chi connectivity index (χ0) is 22.8. The van der Waals surface area contributed by atoms with Gasteiger partial charge in [0.05, 0.1) is 10.6 Å². The molecule has 1 aromatic rings. The van der Waals surface area contributed by atoms with Gasteiger partial charge in [0.15, 0.2) is 0 Å².